The van der Waals surface area contributed by atoms with Crippen LogP contribution in [0.1, 0.15) is 17.5 Å². The number of nitro benzene ring substituents is 1. The smallest absolute Gasteiger partial charge is 0.362 e. The van der Waals surface area contributed by atoms with Gasteiger partial charge in [-0.05, 0) is 12.5 Å². The maximum atomic E-state index is 13.8. The van der Waals surface area contributed by atoms with Gasteiger partial charge in [0.1, 0.15) is 0 Å². The number of hydrogen-bond acceptors (Lipinski definition) is 7. The Morgan fingerprint density at radius 3 is 2.55 bits per heavy atom. The van der Waals surface area contributed by atoms with E-state index in [4.69, 9.17) is 0 Å². The van der Waals surface area contributed by atoms with Crippen LogP contribution < -0.4 is 5.01 Å². The molecule has 1 aromatic heterocycles. The molecule has 4 rings (SSSR count). The molecule has 0 spiro atoms. The van der Waals surface area contributed by atoms with Crippen LogP contribution >= 0.6 is 11.3 Å². The molecule has 0 saturated heterocycles. The third-order valence-corrected chi connectivity index (χ3v) is 5.67. The number of aromatic nitrogens is 1. The highest BCUT2D eigenvalue weighted by molar-refractivity contribution is 7.14. The summed E-state index contributed by atoms with van der Waals surface area (Å²) in [5.74, 6) is 0. The third kappa shape index (κ3) is 3.77. The van der Waals surface area contributed by atoms with Gasteiger partial charge in [-0.15, -0.1) is 11.3 Å². The van der Waals surface area contributed by atoms with Crippen molar-refractivity contribution >= 4 is 27.9 Å². The van der Waals surface area contributed by atoms with Gasteiger partial charge in [-0.3, -0.25) is 10.1 Å². The van der Waals surface area contributed by atoms with E-state index in [2.05, 4.69) is 10.1 Å². The Hall–Kier alpha value is -3.31. The first-order valence-electron chi connectivity index (χ1n) is 9.03. The van der Waals surface area contributed by atoms with E-state index < -0.39 is 23.2 Å². The zero-order chi connectivity index (χ0) is 22.4. The molecular formula is C20H15F3N4O3S. The van der Waals surface area contributed by atoms with Gasteiger partial charge in [0, 0.05) is 23.1 Å². The lowest BCUT2D eigenvalue weighted by Crippen LogP contribution is -2.55. The van der Waals surface area contributed by atoms with Crippen LogP contribution in [0.4, 0.5) is 24.0 Å². The number of halogens is 3. The van der Waals surface area contributed by atoms with Crippen molar-refractivity contribution in [3.63, 3.8) is 0 Å². The van der Waals surface area contributed by atoms with Crippen molar-refractivity contribution in [2.75, 3.05) is 5.01 Å². The first-order chi connectivity index (χ1) is 14.6. The number of aryl methyl sites for hydroxylation is 1. The number of nitro groups is 1. The van der Waals surface area contributed by atoms with Gasteiger partial charge in [0.15, 0.2) is 0 Å². The Morgan fingerprint density at radius 2 is 1.90 bits per heavy atom. The van der Waals surface area contributed by atoms with E-state index in [0.29, 0.717) is 16.1 Å². The van der Waals surface area contributed by atoms with Crippen LogP contribution in [0.25, 0.3) is 11.3 Å². The molecule has 11 heteroatoms. The zero-order valence-corrected chi connectivity index (χ0v) is 16.8. The first kappa shape index (κ1) is 20.9. The Morgan fingerprint density at radius 1 is 1.19 bits per heavy atom. The molecule has 0 aliphatic carbocycles. The van der Waals surface area contributed by atoms with Crippen LogP contribution in [0.3, 0.4) is 0 Å². The molecule has 1 aliphatic rings. The maximum absolute atomic E-state index is 13.8. The lowest BCUT2D eigenvalue weighted by molar-refractivity contribution is -0.384. The molecule has 1 aliphatic heterocycles. The van der Waals surface area contributed by atoms with Gasteiger partial charge in [-0.2, -0.15) is 23.3 Å². The van der Waals surface area contributed by atoms with Crippen molar-refractivity contribution in [1.29, 1.82) is 0 Å². The number of thiazole rings is 1. The van der Waals surface area contributed by atoms with E-state index in [9.17, 15) is 28.4 Å². The average molecular weight is 448 g/mol. The number of nitrogens with zero attached hydrogens (tertiary/aromatic N) is 4. The molecule has 2 heterocycles. The molecule has 1 N–H and O–H groups in total. The number of anilines is 1. The predicted octanol–water partition coefficient (Wildman–Crippen LogP) is 4.89. The van der Waals surface area contributed by atoms with E-state index in [1.807, 2.05) is 6.92 Å². The summed E-state index contributed by atoms with van der Waals surface area (Å²) in [5.41, 5.74) is -1.34. The average Bonchev–Trinajstić information content (AvgIpc) is 3.33. The van der Waals surface area contributed by atoms with E-state index in [1.54, 1.807) is 30.3 Å². The Kier molecular flexibility index (Phi) is 5.02. The summed E-state index contributed by atoms with van der Waals surface area (Å²) < 4.78 is 41.5. The summed E-state index contributed by atoms with van der Waals surface area (Å²) in [5, 5.41) is 27.4. The fourth-order valence-corrected chi connectivity index (χ4v) is 4.00. The van der Waals surface area contributed by atoms with Crippen LogP contribution in [0.2, 0.25) is 0 Å². The quantitative estimate of drug-likeness (QED) is 0.453. The van der Waals surface area contributed by atoms with Gasteiger partial charge in [-0.1, -0.05) is 42.0 Å². The van der Waals surface area contributed by atoms with Crippen molar-refractivity contribution in [1.82, 2.24) is 4.98 Å². The molecule has 160 valence electrons. The van der Waals surface area contributed by atoms with Gasteiger partial charge in [-0.25, -0.2) is 4.98 Å². The molecule has 0 saturated carbocycles. The molecule has 1 atom stereocenters. The van der Waals surface area contributed by atoms with Crippen LogP contribution in [0, 0.1) is 17.0 Å². The predicted molar refractivity (Wildman–Crippen MR) is 110 cm³/mol. The largest absolute Gasteiger partial charge is 0.438 e. The van der Waals surface area contributed by atoms with Crippen LogP contribution in [-0.2, 0) is 0 Å². The van der Waals surface area contributed by atoms with E-state index in [-0.39, 0.29) is 22.2 Å². The summed E-state index contributed by atoms with van der Waals surface area (Å²) in [6.45, 7) is 1.85. The molecule has 3 aromatic rings. The number of hydrogen-bond donors (Lipinski definition) is 1. The highest BCUT2D eigenvalue weighted by atomic mass is 32.1. The number of hydrazone groups is 1. The zero-order valence-electron chi connectivity index (χ0n) is 16.0. The van der Waals surface area contributed by atoms with Crippen molar-refractivity contribution in [2.24, 2.45) is 5.10 Å². The maximum Gasteiger partial charge on any atom is 0.438 e. The van der Waals surface area contributed by atoms with Gasteiger partial charge >= 0.3 is 6.18 Å². The molecule has 2 aromatic carbocycles. The SMILES string of the molecule is Cc1ccc(C2=NN(c3nc(-c4cccc([N+](=O)[O-])c4)cs3)[C@](O)(C(F)(F)F)C2)cc1. The summed E-state index contributed by atoms with van der Waals surface area (Å²) in [7, 11) is 0. The van der Waals surface area contributed by atoms with Crippen LogP contribution in [-0.4, -0.2) is 32.6 Å². The van der Waals surface area contributed by atoms with Crippen LogP contribution in [0.5, 0.6) is 0 Å². The van der Waals surface area contributed by atoms with Crippen LogP contribution in [0.15, 0.2) is 59.0 Å². The molecule has 0 amide bonds. The monoisotopic (exact) mass is 448 g/mol. The second-order valence-electron chi connectivity index (χ2n) is 7.04. The Labute approximate surface area is 178 Å². The summed E-state index contributed by atoms with van der Waals surface area (Å²) >= 11 is 0.852. The molecule has 31 heavy (non-hydrogen) atoms. The molecule has 0 unspecified atom stereocenters. The highest BCUT2D eigenvalue weighted by Crippen LogP contribution is 2.45. The van der Waals surface area contributed by atoms with E-state index >= 15 is 0 Å². The highest BCUT2D eigenvalue weighted by Gasteiger charge is 2.62. The number of non-ortho nitro benzene ring substituents is 1. The Bertz CT molecular complexity index is 1180. The van der Waals surface area contributed by atoms with Crippen molar-refractivity contribution in [2.45, 2.75) is 25.2 Å². The third-order valence-electron chi connectivity index (χ3n) is 4.85. The van der Waals surface area contributed by atoms with Gasteiger partial charge in [0.05, 0.1) is 22.7 Å². The minimum Gasteiger partial charge on any atom is -0.362 e. The summed E-state index contributed by atoms with van der Waals surface area (Å²) in [6, 6.07) is 12.4. The fraction of sp³-hybridized carbons (Fsp3) is 0.200. The number of rotatable bonds is 4. The van der Waals surface area contributed by atoms with Crippen molar-refractivity contribution in [3.8, 4) is 11.3 Å². The number of aliphatic hydroxyl groups is 1. The molecular weight excluding hydrogens is 433 g/mol. The molecule has 7 nitrogen and oxygen atoms in total. The topological polar surface area (TPSA) is 91.9 Å². The first-order valence-corrected chi connectivity index (χ1v) is 9.91. The minimum absolute atomic E-state index is 0.0759. The van der Waals surface area contributed by atoms with Gasteiger partial charge in [0.25, 0.3) is 11.4 Å². The minimum atomic E-state index is -5.00. The lowest BCUT2D eigenvalue weighted by atomic mass is 10.0. The molecule has 0 bridgehead atoms. The van der Waals surface area contributed by atoms with E-state index in [0.717, 1.165) is 16.9 Å². The fourth-order valence-electron chi connectivity index (χ4n) is 3.15. The van der Waals surface area contributed by atoms with Crippen molar-refractivity contribution < 1.29 is 23.2 Å². The molecule has 0 radical (unpaired) electrons. The Balaban J connectivity index is 1.74. The lowest BCUT2D eigenvalue weighted by Gasteiger charge is -2.32. The van der Waals surface area contributed by atoms with Gasteiger partial charge in [0.2, 0.25) is 5.13 Å². The van der Waals surface area contributed by atoms with Crippen molar-refractivity contribution in [3.05, 3.63) is 75.2 Å². The van der Waals surface area contributed by atoms with Gasteiger partial charge < -0.3 is 5.11 Å². The number of alkyl halides is 3. The number of benzene rings is 2. The molecule has 0 fully saturated rings. The standard InChI is InChI=1S/C20H15F3N4O3S/c1-12-5-7-13(8-6-12)16-10-19(28,20(21,22)23)26(25-16)18-24-17(11-31-18)14-3-2-4-15(9-14)27(29)30/h2-9,11,28H,10H2,1H3/t19-/m1/s1. The van der Waals surface area contributed by atoms with E-state index in [1.165, 1.54) is 23.6 Å². The summed E-state index contributed by atoms with van der Waals surface area (Å²) in [4.78, 5) is 14.6. The second kappa shape index (κ2) is 7.43. The second-order valence-corrected chi connectivity index (χ2v) is 7.87. The summed E-state index contributed by atoms with van der Waals surface area (Å²) in [6.07, 6.45) is -5.76. The normalized spacial score (nSPS) is 18.9.